The third-order valence-corrected chi connectivity index (χ3v) is 3.77. The van der Waals surface area contributed by atoms with Gasteiger partial charge in [0.25, 0.3) is 0 Å². The van der Waals surface area contributed by atoms with Gasteiger partial charge in [-0.2, -0.15) is 0 Å². The third-order valence-electron chi connectivity index (χ3n) is 2.53. The summed E-state index contributed by atoms with van der Waals surface area (Å²) in [6.07, 6.45) is 0. The van der Waals surface area contributed by atoms with E-state index in [-0.39, 0.29) is 18.3 Å². The SMILES string of the molecule is CC(C)CNC(=O)CS(=O)Cc1ccc(CO)cc1. The van der Waals surface area contributed by atoms with Crippen LogP contribution in [0.2, 0.25) is 0 Å². The Kier molecular flexibility index (Phi) is 6.73. The number of amides is 1. The van der Waals surface area contributed by atoms with Crippen molar-refractivity contribution >= 4 is 16.7 Å². The zero-order chi connectivity index (χ0) is 14.3. The summed E-state index contributed by atoms with van der Waals surface area (Å²) in [6.45, 7) is 4.64. The van der Waals surface area contributed by atoms with E-state index in [4.69, 9.17) is 5.11 Å². The lowest BCUT2D eigenvalue weighted by Crippen LogP contribution is -2.31. The summed E-state index contributed by atoms with van der Waals surface area (Å²) < 4.78 is 11.8. The van der Waals surface area contributed by atoms with Gasteiger partial charge < -0.3 is 10.4 Å². The van der Waals surface area contributed by atoms with E-state index >= 15 is 0 Å². The Hall–Kier alpha value is -1.20. The molecule has 0 heterocycles. The van der Waals surface area contributed by atoms with Crippen molar-refractivity contribution in [3.63, 3.8) is 0 Å². The standard InChI is InChI=1S/C14H21NO3S/c1-11(2)7-15-14(17)10-19(18)9-13-5-3-12(8-16)4-6-13/h3-6,11,16H,7-10H2,1-2H3,(H,15,17). The van der Waals surface area contributed by atoms with Crippen LogP contribution >= 0.6 is 0 Å². The summed E-state index contributed by atoms with van der Waals surface area (Å²) in [5.41, 5.74) is 1.73. The molecule has 106 valence electrons. The van der Waals surface area contributed by atoms with Gasteiger partial charge in [0.1, 0.15) is 5.75 Å². The first-order valence-corrected chi connectivity index (χ1v) is 7.80. The molecule has 1 aromatic rings. The van der Waals surface area contributed by atoms with Crippen LogP contribution in [0.1, 0.15) is 25.0 Å². The number of hydrogen-bond acceptors (Lipinski definition) is 3. The highest BCUT2D eigenvalue weighted by molar-refractivity contribution is 7.84. The number of carbonyl (C=O) groups is 1. The molecule has 0 aliphatic heterocycles. The molecule has 1 amide bonds. The summed E-state index contributed by atoms with van der Waals surface area (Å²) in [7, 11) is -1.20. The largest absolute Gasteiger partial charge is 0.392 e. The normalized spacial score (nSPS) is 12.4. The third kappa shape index (κ3) is 6.50. The number of hydrogen-bond donors (Lipinski definition) is 2. The van der Waals surface area contributed by atoms with Crippen LogP contribution in [0.5, 0.6) is 0 Å². The lowest BCUT2D eigenvalue weighted by atomic mass is 10.2. The summed E-state index contributed by atoms with van der Waals surface area (Å²) in [5.74, 6) is 0.623. The van der Waals surface area contributed by atoms with Crippen LogP contribution < -0.4 is 5.32 Å². The molecular formula is C14H21NO3S. The van der Waals surface area contributed by atoms with Gasteiger partial charge in [0.2, 0.25) is 5.91 Å². The minimum Gasteiger partial charge on any atom is -0.392 e. The van der Waals surface area contributed by atoms with Crippen LogP contribution in [0.25, 0.3) is 0 Å². The molecule has 0 saturated heterocycles. The van der Waals surface area contributed by atoms with Crippen LogP contribution in [0.3, 0.4) is 0 Å². The highest BCUT2D eigenvalue weighted by atomic mass is 32.2. The monoisotopic (exact) mass is 283 g/mol. The topological polar surface area (TPSA) is 66.4 Å². The number of aliphatic hydroxyl groups excluding tert-OH is 1. The zero-order valence-electron chi connectivity index (χ0n) is 11.4. The maximum absolute atomic E-state index is 11.8. The van der Waals surface area contributed by atoms with E-state index in [1.807, 2.05) is 26.0 Å². The van der Waals surface area contributed by atoms with Crippen LogP contribution in [0.15, 0.2) is 24.3 Å². The number of benzene rings is 1. The highest BCUT2D eigenvalue weighted by Crippen LogP contribution is 2.07. The van der Waals surface area contributed by atoms with Gasteiger partial charge in [-0.3, -0.25) is 9.00 Å². The van der Waals surface area contributed by atoms with Crippen LogP contribution in [0, 0.1) is 5.92 Å². The Bertz CT molecular complexity index is 429. The molecule has 0 aromatic heterocycles. The predicted octanol–water partition coefficient (Wildman–Crippen LogP) is 1.20. The molecule has 1 atom stereocenters. The molecule has 0 aliphatic carbocycles. The Morgan fingerprint density at radius 1 is 1.26 bits per heavy atom. The molecule has 1 rings (SSSR count). The van der Waals surface area contributed by atoms with Gasteiger partial charge in [-0.25, -0.2) is 0 Å². The summed E-state index contributed by atoms with van der Waals surface area (Å²) in [5, 5.41) is 11.7. The van der Waals surface area contributed by atoms with Crippen molar-refractivity contribution in [1.29, 1.82) is 0 Å². The van der Waals surface area contributed by atoms with E-state index in [1.54, 1.807) is 12.1 Å². The molecule has 4 nitrogen and oxygen atoms in total. The summed E-state index contributed by atoms with van der Waals surface area (Å²) in [4.78, 5) is 11.5. The van der Waals surface area contributed by atoms with E-state index < -0.39 is 10.8 Å². The van der Waals surface area contributed by atoms with Gasteiger partial charge in [-0.15, -0.1) is 0 Å². The molecule has 0 spiro atoms. The molecule has 5 heteroatoms. The number of aliphatic hydroxyl groups is 1. The quantitative estimate of drug-likeness (QED) is 0.790. The first-order chi connectivity index (χ1) is 9.01. The van der Waals surface area contributed by atoms with Crippen LogP contribution in [-0.2, 0) is 28.0 Å². The second-order valence-corrected chi connectivity index (χ2v) is 6.36. The minimum absolute atomic E-state index is 0.000970. The molecule has 0 radical (unpaired) electrons. The van der Waals surface area contributed by atoms with Crippen molar-refractivity contribution in [2.24, 2.45) is 5.92 Å². The minimum atomic E-state index is -1.20. The first kappa shape index (κ1) is 15.9. The average molecular weight is 283 g/mol. The fraction of sp³-hybridized carbons (Fsp3) is 0.500. The predicted molar refractivity (Wildman–Crippen MR) is 76.9 cm³/mol. The Balaban J connectivity index is 2.39. The lowest BCUT2D eigenvalue weighted by molar-refractivity contribution is -0.118. The van der Waals surface area contributed by atoms with E-state index in [0.29, 0.717) is 18.2 Å². The Morgan fingerprint density at radius 2 is 1.84 bits per heavy atom. The zero-order valence-corrected chi connectivity index (χ0v) is 12.2. The molecule has 0 fully saturated rings. The van der Waals surface area contributed by atoms with Crippen molar-refractivity contribution in [3.8, 4) is 0 Å². The van der Waals surface area contributed by atoms with Crippen LogP contribution in [-0.4, -0.2) is 27.5 Å². The van der Waals surface area contributed by atoms with Crippen molar-refractivity contribution in [2.75, 3.05) is 12.3 Å². The van der Waals surface area contributed by atoms with E-state index in [9.17, 15) is 9.00 Å². The van der Waals surface area contributed by atoms with Crippen molar-refractivity contribution in [1.82, 2.24) is 5.32 Å². The van der Waals surface area contributed by atoms with Gasteiger partial charge in [0, 0.05) is 23.1 Å². The first-order valence-electron chi connectivity index (χ1n) is 6.31. The van der Waals surface area contributed by atoms with Gasteiger partial charge in [-0.1, -0.05) is 38.1 Å². The molecule has 0 saturated carbocycles. The van der Waals surface area contributed by atoms with Crippen molar-refractivity contribution in [2.45, 2.75) is 26.2 Å². The highest BCUT2D eigenvalue weighted by Gasteiger charge is 2.09. The summed E-state index contributed by atoms with van der Waals surface area (Å²) >= 11 is 0. The molecule has 1 aromatic carbocycles. The maximum Gasteiger partial charge on any atom is 0.232 e. The fourth-order valence-electron chi connectivity index (χ4n) is 1.49. The summed E-state index contributed by atoms with van der Waals surface area (Å²) in [6, 6.07) is 7.25. The van der Waals surface area contributed by atoms with Crippen molar-refractivity contribution in [3.05, 3.63) is 35.4 Å². The Morgan fingerprint density at radius 3 is 2.37 bits per heavy atom. The van der Waals surface area contributed by atoms with E-state index in [0.717, 1.165) is 11.1 Å². The molecule has 0 bridgehead atoms. The average Bonchev–Trinajstić information content (AvgIpc) is 2.37. The molecule has 2 N–H and O–H groups in total. The van der Waals surface area contributed by atoms with Gasteiger partial charge in [0.05, 0.1) is 6.61 Å². The number of rotatable bonds is 7. The van der Waals surface area contributed by atoms with Crippen molar-refractivity contribution < 1.29 is 14.1 Å². The van der Waals surface area contributed by atoms with Gasteiger partial charge >= 0.3 is 0 Å². The van der Waals surface area contributed by atoms with Gasteiger partial charge in [-0.05, 0) is 17.0 Å². The lowest BCUT2D eigenvalue weighted by Gasteiger charge is -2.07. The Labute approximate surface area is 116 Å². The smallest absolute Gasteiger partial charge is 0.232 e. The maximum atomic E-state index is 11.8. The second-order valence-electron chi connectivity index (χ2n) is 4.90. The van der Waals surface area contributed by atoms with E-state index in [2.05, 4.69) is 5.32 Å². The molecule has 19 heavy (non-hydrogen) atoms. The van der Waals surface area contributed by atoms with Gasteiger partial charge in [0.15, 0.2) is 0 Å². The second kappa shape index (κ2) is 8.07. The molecule has 0 aliphatic rings. The van der Waals surface area contributed by atoms with Crippen LogP contribution in [0.4, 0.5) is 0 Å². The number of carbonyl (C=O) groups excluding carboxylic acids is 1. The molecular weight excluding hydrogens is 262 g/mol. The number of nitrogens with one attached hydrogen (secondary N) is 1. The fourth-order valence-corrected chi connectivity index (χ4v) is 2.55. The molecule has 1 unspecified atom stereocenters. The van der Waals surface area contributed by atoms with E-state index in [1.165, 1.54) is 0 Å².